The molecular weight excluding hydrogens is 401 g/mol. The summed E-state index contributed by atoms with van der Waals surface area (Å²) >= 11 is 12.1. The highest BCUT2D eigenvalue weighted by Crippen LogP contribution is 2.32. The molecule has 1 saturated heterocycles. The number of carbonyl (C=O) groups is 1. The summed E-state index contributed by atoms with van der Waals surface area (Å²) in [5.74, 6) is 0.944. The third-order valence-electron chi connectivity index (χ3n) is 4.21. The molecule has 1 aliphatic rings. The van der Waals surface area contributed by atoms with Crippen molar-refractivity contribution in [3.63, 3.8) is 0 Å². The first-order chi connectivity index (χ1) is 12.0. The van der Waals surface area contributed by atoms with Crippen LogP contribution in [0.4, 0.5) is 0 Å². The van der Waals surface area contributed by atoms with Crippen LogP contribution in [0.15, 0.2) is 28.8 Å². The molecular formula is C17H20Cl3N3O3. The molecule has 1 aromatic carbocycles. The molecule has 0 bridgehead atoms. The lowest BCUT2D eigenvalue weighted by Crippen LogP contribution is -2.50. The number of amides is 1. The molecule has 0 radical (unpaired) electrons. The third-order valence-corrected chi connectivity index (χ3v) is 4.81. The molecule has 9 heteroatoms. The van der Waals surface area contributed by atoms with E-state index in [1.165, 1.54) is 0 Å². The molecule has 1 fully saturated rings. The van der Waals surface area contributed by atoms with Gasteiger partial charge in [-0.2, -0.15) is 0 Å². The van der Waals surface area contributed by atoms with Gasteiger partial charge in [0.25, 0.3) is 5.91 Å². The molecule has 0 spiro atoms. The van der Waals surface area contributed by atoms with Gasteiger partial charge in [-0.3, -0.25) is 4.79 Å². The fraction of sp³-hybridized carbons (Fsp3) is 0.412. The maximum absolute atomic E-state index is 12.3. The van der Waals surface area contributed by atoms with Crippen molar-refractivity contribution < 1.29 is 14.1 Å². The molecule has 2 atom stereocenters. The van der Waals surface area contributed by atoms with Crippen molar-refractivity contribution in [2.24, 2.45) is 5.92 Å². The second-order valence-corrected chi connectivity index (χ2v) is 6.88. The first kappa shape index (κ1) is 20.8. The zero-order chi connectivity index (χ0) is 17.8. The zero-order valence-electron chi connectivity index (χ0n) is 14.1. The number of para-hydroxylation sites is 1. The summed E-state index contributed by atoms with van der Waals surface area (Å²) in [5.41, 5.74) is 0.224. The van der Waals surface area contributed by atoms with Crippen LogP contribution in [0.1, 0.15) is 29.6 Å². The number of nitrogens with zero attached hydrogens (tertiary/aromatic N) is 1. The Bertz CT molecular complexity index is 734. The van der Waals surface area contributed by atoms with Gasteiger partial charge in [0.15, 0.2) is 17.2 Å². The van der Waals surface area contributed by atoms with E-state index in [0.717, 1.165) is 19.5 Å². The second kappa shape index (κ2) is 9.46. The molecule has 1 aromatic heterocycles. The number of benzene rings is 1. The van der Waals surface area contributed by atoms with Crippen LogP contribution in [-0.4, -0.2) is 30.2 Å². The average molecular weight is 421 g/mol. The van der Waals surface area contributed by atoms with Crippen molar-refractivity contribution in [1.29, 1.82) is 0 Å². The summed E-state index contributed by atoms with van der Waals surface area (Å²) in [4.78, 5) is 12.3. The van der Waals surface area contributed by atoms with Gasteiger partial charge < -0.3 is 19.9 Å². The van der Waals surface area contributed by atoms with Crippen LogP contribution in [0.2, 0.25) is 10.0 Å². The minimum atomic E-state index is -0.258. The van der Waals surface area contributed by atoms with E-state index in [0.29, 0.717) is 27.5 Å². The molecule has 1 aliphatic heterocycles. The summed E-state index contributed by atoms with van der Waals surface area (Å²) in [6, 6.07) is 6.74. The van der Waals surface area contributed by atoms with E-state index in [4.69, 9.17) is 32.5 Å². The number of rotatable bonds is 5. The van der Waals surface area contributed by atoms with Gasteiger partial charge in [-0.25, -0.2) is 0 Å². The van der Waals surface area contributed by atoms with Gasteiger partial charge in [-0.05, 0) is 31.0 Å². The number of ether oxygens (including phenoxy) is 1. The Labute approximate surface area is 168 Å². The first-order valence-corrected chi connectivity index (χ1v) is 8.84. The smallest absolute Gasteiger partial charge is 0.273 e. The predicted octanol–water partition coefficient (Wildman–Crippen LogP) is 3.71. The number of hydrogen-bond acceptors (Lipinski definition) is 5. The average Bonchev–Trinajstić information content (AvgIpc) is 3.05. The van der Waals surface area contributed by atoms with E-state index in [-0.39, 0.29) is 36.7 Å². The van der Waals surface area contributed by atoms with E-state index in [2.05, 4.69) is 22.7 Å². The molecule has 0 aliphatic carbocycles. The van der Waals surface area contributed by atoms with Crippen LogP contribution >= 0.6 is 35.6 Å². The lowest BCUT2D eigenvalue weighted by Gasteiger charge is -2.29. The summed E-state index contributed by atoms with van der Waals surface area (Å²) in [7, 11) is 0. The minimum absolute atomic E-state index is 0. The van der Waals surface area contributed by atoms with Gasteiger partial charge in [-0.1, -0.05) is 41.3 Å². The number of hydrogen-bond donors (Lipinski definition) is 2. The summed E-state index contributed by atoms with van der Waals surface area (Å²) in [5, 5.41) is 10.9. The molecule has 2 N–H and O–H groups in total. The number of piperidine rings is 1. The highest BCUT2D eigenvalue weighted by Gasteiger charge is 2.24. The normalized spacial score (nSPS) is 19.5. The number of halogens is 3. The SMILES string of the molecule is CC1CCNCC1NC(=O)c1cc(COc2c(Cl)cccc2Cl)on1.Cl. The molecule has 3 rings (SSSR count). The Morgan fingerprint density at radius 2 is 2.15 bits per heavy atom. The summed E-state index contributed by atoms with van der Waals surface area (Å²) < 4.78 is 10.7. The van der Waals surface area contributed by atoms with E-state index >= 15 is 0 Å². The van der Waals surface area contributed by atoms with Crippen LogP contribution in [0.5, 0.6) is 5.75 Å². The van der Waals surface area contributed by atoms with Crippen molar-refractivity contribution >= 4 is 41.5 Å². The van der Waals surface area contributed by atoms with Crippen molar-refractivity contribution in [2.75, 3.05) is 13.1 Å². The Morgan fingerprint density at radius 3 is 2.85 bits per heavy atom. The molecule has 2 aromatic rings. The Morgan fingerprint density at radius 1 is 1.42 bits per heavy atom. The largest absolute Gasteiger partial charge is 0.482 e. The van der Waals surface area contributed by atoms with Gasteiger partial charge >= 0.3 is 0 Å². The van der Waals surface area contributed by atoms with Crippen LogP contribution in [-0.2, 0) is 6.61 Å². The number of carbonyl (C=O) groups excluding carboxylic acids is 1. The van der Waals surface area contributed by atoms with Gasteiger partial charge in [0, 0.05) is 18.7 Å². The van der Waals surface area contributed by atoms with E-state index in [1.807, 2.05) is 0 Å². The number of aromatic nitrogens is 1. The first-order valence-electron chi connectivity index (χ1n) is 8.08. The van der Waals surface area contributed by atoms with Crippen LogP contribution in [0, 0.1) is 5.92 Å². The van der Waals surface area contributed by atoms with Crippen molar-refractivity contribution in [2.45, 2.75) is 26.0 Å². The second-order valence-electron chi connectivity index (χ2n) is 6.07. The molecule has 2 heterocycles. The molecule has 0 saturated carbocycles. The highest BCUT2D eigenvalue weighted by molar-refractivity contribution is 6.37. The standard InChI is InChI=1S/C17H19Cl2N3O3.ClH/c1-10-5-6-20-8-15(10)21-17(23)14-7-11(25-22-14)9-24-16-12(18)3-2-4-13(16)19;/h2-4,7,10,15,20H,5-6,8-9H2,1H3,(H,21,23);1H. The minimum Gasteiger partial charge on any atom is -0.482 e. The molecule has 2 unspecified atom stereocenters. The van der Waals surface area contributed by atoms with Crippen molar-refractivity contribution in [1.82, 2.24) is 15.8 Å². The van der Waals surface area contributed by atoms with Gasteiger partial charge in [0.1, 0.15) is 6.61 Å². The summed E-state index contributed by atoms with van der Waals surface area (Å²) in [6.45, 7) is 3.93. The predicted molar refractivity (Wildman–Crippen MR) is 102 cm³/mol. The molecule has 1 amide bonds. The van der Waals surface area contributed by atoms with E-state index in [1.54, 1.807) is 24.3 Å². The molecule has 26 heavy (non-hydrogen) atoms. The fourth-order valence-corrected chi connectivity index (χ4v) is 3.18. The summed E-state index contributed by atoms with van der Waals surface area (Å²) in [6.07, 6.45) is 1.03. The highest BCUT2D eigenvalue weighted by atomic mass is 35.5. The third kappa shape index (κ3) is 5.04. The maximum Gasteiger partial charge on any atom is 0.273 e. The van der Waals surface area contributed by atoms with Crippen molar-refractivity contribution in [3.8, 4) is 5.75 Å². The Hall–Kier alpha value is -1.47. The lowest BCUT2D eigenvalue weighted by molar-refractivity contribution is 0.0905. The van der Waals surface area contributed by atoms with Crippen LogP contribution in [0.3, 0.4) is 0 Å². The lowest BCUT2D eigenvalue weighted by atomic mass is 9.95. The topological polar surface area (TPSA) is 76.4 Å². The van der Waals surface area contributed by atoms with Gasteiger partial charge in [0.2, 0.25) is 0 Å². The zero-order valence-corrected chi connectivity index (χ0v) is 16.5. The van der Waals surface area contributed by atoms with Gasteiger partial charge in [-0.15, -0.1) is 12.4 Å². The van der Waals surface area contributed by atoms with Crippen molar-refractivity contribution in [3.05, 3.63) is 45.8 Å². The van der Waals surface area contributed by atoms with Crippen LogP contribution in [0.25, 0.3) is 0 Å². The molecule has 6 nitrogen and oxygen atoms in total. The monoisotopic (exact) mass is 419 g/mol. The van der Waals surface area contributed by atoms with E-state index < -0.39 is 0 Å². The van der Waals surface area contributed by atoms with Crippen LogP contribution < -0.4 is 15.4 Å². The number of nitrogens with one attached hydrogen (secondary N) is 2. The Kier molecular flexibility index (Phi) is 7.58. The Balaban J connectivity index is 0.00000243. The quantitative estimate of drug-likeness (QED) is 0.771. The molecule has 142 valence electrons. The van der Waals surface area contributed by atoms with Gasteiger partial charge in [0.05, 0.1) is 10.0 Å². The van der Waals surface area contributed by atoms with E-state index in [9.17, 15) is 4.79 Å². The fourth-order valence-electron chi connectivity index (χ4n) is 2.68. The maximum atomic E-state index is 12.3.